The normalized spacial score (nSPS) is 12.0. The van der Waals surface area contributed by atoms with Crippen LogP contribution in [0, 0.1) is 0 Å². The van der Waals surface area contributed by atoms with Crippen LogP contribution in [0.4, 0.5) is 11.4 Å². The summed E-state index contributed by atoms with van der Waals surface area (Å²) >= 11 is 0. The number of nitrogens with two attached hydrogens (primary N) is 1. The second-order valence-corrected chi connectivity index (χ2v) is 11.1. The van der Waals surface area contributed by atoms with E-state index in [1.54, 1.807) is 19.1 Å². The van der Waals surface area contributed by atoms with Crippen molar-refractivity contribution in [1.29, 1.82) is 0 Å². The van der Waals surface area contributed by atoms with E-state index in [1.165, 1.54) is 37.3 Å². The molecule has 1 unspecified atom stereocenters. The Labute approximate surface area is 273 Å². The number of aliphatic carboxylic acids is 1. The van der Waals surface area contributed by atoms with Crippen LogP contribution in [-0.2, 0) is 36.8 Å². The van der Waals surface area contributed by atoms with Gasteiger partial charge in [-0.05, 0) is 67.5 Å². The second-order valence-electron chi connectivity index (χ2n) is 11.1. The number of unbranched alkanes of at least 4 members (excludes halogenated alkanes) is 1. The third-order valence-corrected chi connectivity index (χ3v) is 7.66. The van der Waals surface area contributed by atoms with Crippen molar-refractivity contribution in [1.82, 2.24) is 10.2 Å². The van der Waals surface area contributed by atoms with Crippen molar-refractivity contribution in [2.75, 3.05) is 11.4 Å². The van der Waals surface area contributed by atoms with E-state index in [0.717, 1.165) is 15.4 Å². The largest absolute Gasteiger partial charge is 0.478 e. The molecule has 0 fully saturated rings. The maximum atomic E-state index is 13.2. The number of aryl methyl sites for hydroxylation is 1. The number of para-hydroxylation sites is 1. The van der Waals surface area contributed by atoms with Crippen molar-refractivity contribution in [3.8, 4) is 0 Å². The molecule has 0 bridgehead atoms. The lowest BCUT2D eigenvalue weighted by atomic mass is 9.99. The van der Waals surface area contributed by atoms with E-state index in [4.69, 9.17) is 5.73 Å². The van der Waals surface area contributed by atoms with E-state index >= 15 is 0 Å². The van der Waals surface area contributed by atoms with Gasteiger partial charge in [0.1, 0.15) is 0 Å². The van der Waals surface area contributed by atoms with Gasteiger partial charge in [-0.2, -0.15) is 0 Å². The van der Waals surface area contributed by atoms with Crippen LogP contribution >= 0.6 is 0 Å². The number of carboxylic acid groups (broad SMARTS) is 2. The number of hydrogen-bond donors (Lipinski definition) is 4. The van der Waals surface area contributed by atoms with E-state index in [2.05, 4.69) is 5.32 Å². The fourth-order valence-electron chi connectivity index (χ4n) is 5.22. The highest BCUT2D eigenvalue weighted by molar-refractivity contribution is 6.39. The van der Waals surface area contributed by atoms with Crippen molar-refractivity contribution in [3.05, 3.63) is 95.1 Å². The summed E-state index contributed by atoms with van der Waals surface area (Å²) in [5, 5.41) is 22.2. The van der Waals surface area contributed by atoms with Crippen molar-refractivity contribution < 1.29 is 39.0 Å². The first kappa shape index (κ1) is 36.1. The number of imide groups is 1. The number of nitrogens with one attached hydrogen (secondary N) is 1. The summed E-state index contributed by atoms with van der Waals surface area (Å²) in [6, 6.07) is 18.6. The number of carbonyl (C=O) groups is 6. The van der Waals surface area contributed by atoms with Gasteiger partial charge in [-0.15, -0.1) is 0 Å². The first-order chi connectivity index (χ1) is 22.3. The Bertz CT molecular complexity index is 1620. The summed E-state index contributed by atoms with van der Waals surface area (Å²) in [7, 11) is 0. The Morgan fingerprint density at radius 1 is 0.872 bits per heavy atom. The van der Waals surface area contributed by atoms with Gasteiger partial charge in [-0.3, -0.25) is 29.0 Å². The number of carbonyl (C=O) groups excluding carboxylic acids is 4. The zero-order valence-electron chi connectivity index (χ0n) is 26.6. The molecule has 0 aliphatic rings. The van der Waals surface area contributed by atoms with Gasteiger partial charge >= 0.3 is 17.8 Å². The van der Waals surface area contributed by atoms with Gasteiger partial charge in [-0.1, -0.05) is 61.5 Å². The van der Waals surface area contributed by atoms with Crippen molar-refractivity contribution in [2.24, 2.45) is 5.73 Å². The molecule has 3 rings (SSSR count). The molecule has 0 saturated carbocycles. The SMILES string of the molecule is CCc1cc(C[C@H](N)C(=O)N(CCCCC(=O)NC(C)c2ccccc2)C(C)=O)ccc1N(C(=O)C(=O)O)c1ccccc1C(=O)O. The number of hydrogen-bond acceptors (Lipinski definition) is 7. The molecule has 0 saturated heterocycles. The highest BCUT2D eigenvalue weighted by Gasteiger charge is 2.30. The van der Waals surface area contributed by atoms with Gasteiger partial charge in [0.2, 0.25) is 17.7 Å². The summed E-state index contributed by atoms with van der Waals surface area (Å²) in [6.07, 6.45) is 1.47. The van der Waals surface area contributed by atoms with E-state index in [9.17, 15) is 39.0 Å². The maximum absolute atomic E-state index is 13.2. The highest BCUT2D eigenvalue weighted by atomic mass is 16.4. The number of anilines is 2. The Kier molecular flexibility index (Phi) is 12.9. The lowest BCUT2D eigenvalue weighted by Crippen LogP contribution is -2.47. The van der Waals surface area contributed by atoms with Crippen LogP contribution in [0.5, 0.6) is 0 Å². The molecule has 4 amide bonds. The lowest BCUT2D eigenvalue weighted by molar-refractivity contribution is -0.148. The Morgan fingerprint density at radius 3 is 2.15 bits per heavy atom. The van der Waals surface area contributed by atoms with Crippen molar-refractivity contribution in [2.45, 2.75) is 65.0 Å². The molecular formula is C35H40N4O8. The third kappa shape index (κ3) is 9.57. The van der Waals surface area contributed by atoms with Crippen molar-refractivity contribution in [3.63, 3.8) is 0 Å². The van der Waals surface area contributed by atoms with E-state index < -0.39 is 35.7 Å². The number of amides is 4. The fraction of sp³-hybridized carbons (Fsp3) is 0.314. The molecule has 0 radical (unpaired) electrons. The number of carboxylic acids is 2. The number of benzene rings is 3. The Morgan fingerprint density at radius 2 is 1.53 bits per heavy atom. The lowest BCUT2D eigenvalue weighted by Gasteiger charge is -2.26. The van der Waals surface area contributed by atoms with Gasteiger partial charge in [0.15, 0.2) is 0 Å². The molecule has 2 atom stereocenters. The standard InChI is InChI=1S/C35H40N4O8/c1-4-25-20-24(17-18-29(25)39(33(43)35(46)47)30-15-9-8-14-27(30)34(44)45)21-28(36)32(42)38(23(3)40)19-11-10-16-31(41)37-22(2)26-12-6-5-7-13-26/h5-9,12-15,17-18,20,22,28H,4,10-11,16,19,21,36H2,1-3H3,(H,37,41)(H,44,45)(H,46,47)/t22?,28-/m0/s1. The van der Waals surface area contributed by atoms with Crippen LogP contribution < -0.4 is 16.0 Å². The van der Waals surface area contributed by atoms with Crippen LogP contribution in [0.1, 0.15) is 73.1 Å². The molecule has 47 heavy (non-hydrogen) atoms. The first-order valence-corrected chi connectivity index (χ1v) is 15.3. The van der Waals surface area contributed by atoms with Crippen LogP contribution in [0.2, 0.25) is 0 Å². The van der Waals surface area contributed by atoms with Gasteiger partial charge in [0, 0.05) is 19.9 Å². The second kappa shape index (κ2) is 16.8. The molecule has 3 aromatic carbocycles. The summed E-state index contributed by atoms with van der Waals surface area (Å²) in [5.74, 6) is -5.64. The Balaban J connectivity index is 1.69. The van der Waals surface area contributed by atoms with Gasteiger partial charge in [0.05, 0.1) is 29.0 Å². The third-order valence-electron chi connectivity index (χ3n) is 7.66. The average molecular weight is 645 g/mol. The van der Waals surface area contributed by atoms with Crippen LogP contribution in [0.3, 0.4) is 0 Å². The summed E-state index contributed by atoms with van der Waals surface area (Å²) < 4.78 is 0. The molecule has 12 nitrogen and oxygen atoms in total. The van der Waals surface area contributed by atoms with Crippen LogP contribution in [0.15, 0.2) is 72.8 Å². The first-order valence-electron chi connectivity index (χ1n) is 15.3. The zero-order valence-corrected chi connectivity index (χ0v) is 26.6. The molecule has 0 heterocycles. The van der Waals surface area contributed by atoms with E-state index in [1.807, 2.05) is 37.3 Å². The smallest absolute Gasteiger partial charge is 0.395 e. The van der Waals surface area contributed by atoms with Gasteiger partial charge in [0.25, 0.3) is 0 Å². The van der Waals surface area contributed by atoms with E-state index in [-0.39, 0.29) is 48.3 Å². The predicted octanol–water partition coefficient (Wildman–Crippen LogP) is 3.99. The minimum atomic E-state index is -1.77. The molecule has 0 aliphatic heterocycles. The molecule has 3 aromatic rings. The minimum absolute atomic E-state index is 0.0360. The number of rotatable bonds is 14. The van der Waals surface area contributed by atoms with E-state index in [0.29, 0.717) is 30.4 Å². The highest BCUT2D eigenvalue weighted by Crippen LogP contribution is 2.33. The quantitative estimate of drug-likeness (QED) is 0.149. The molecule has 12 heteroatoms. The molecular weight excluding hydrogens is 604 g/mol. The Hall–Kier alpha value is -5.36. The summed E-state index contributed by atoms with van der Waals surface area (Å²) in [5.41, 5.74) is 8.15. The fourth-order valence-corrected chi connectivity index (χ4v) is 5.22. The van der Waals surface area contributed by atoms with Gasteiger partial charge in [-0.25, -0.2) is 9.59 Å². The topological polar surface area (TPSA) is 187 Å². The molecule has 248 valence electrons. The summed E-state index contributed by atoms with van der Waals surface area (Å²) in [4.78, 5) is 76.4. The molecule has 5 N–H and O–H groups in total. The average Bonchev–Trinajstić information content (AvgIpc) is 3.05. The maximum Gasteiger partial charge on any atom is 0.395 e. The van der Waals surface area contributed by atoms with Crippen LogP contribution in [0.25, 0.3) is 0 Å². The summed E-state index contributed by atoms with van der Waals surface area (Å²) in [6.45, 7) is 5.04. The van der Waals surface area contributed by atoms with Crippen LogP contribution in [-0.4, -0.2) is 63.3 Å². The minimum Gasteiger partial charge on any atom is -0.478 e. The number of nitrogens with zero attached hydrogens (tertiary/aromatic N) is 2. The van der Waals surface area contributed by atoms with Gasteiger partial charge < -0.3 is 21.3 Å². The number of aromatic carboxylic acids is 1. The molecule has 0 spiro atoms. The molecule has 0 aromatic heterocycles. The predicted molar refractivity (Wildman–Crippen MR) is 175 cm³/mol. The zero-order chi connectivity index (χ0) is 34.7. The molecule has 0 aliphatic carbocycles. The monoisotopic (exact) mass is 644 g/mol. The van der Waals surface area contributed by atoms with Crippen molar-refractivity contribution >= 4 is 46.9 Å².